The number of hydrogen-bond acceptors (Lipinski definition) is 9. The van der Waals surface area contributed by atoms with Crippen LogP contribution in [0.25, 0.3) is 22.7 Å². The van der Waals surface area contributed by atoms with Crippen molar-refractivity contribution in [3.05, 3.63) is 63.6 Å². The van der Waals surface area contributed by atoms with Gasteiger partial charge >= 0.3 is 12.0 Å². The number of aromatic carboxylic acids is 1. The molecule has 2 bridgehead atoms. The molecule has 10 nitrogen and oxygen atoms in total. The van der Waals surface area contributed by atoms with Gasteiger partial charge in [-0.25, -0.2) is 9.78 Å². The highest BCUT2D eigenvalue weighted by atomic mass is 35.5. The highest BCUT2D eigenvalue weighted by Gasteiger charge is 2.44. The third kappa shape index (κ3) is 4.63. The normalized spacial score (nSPS) is 22.1. The number of carboxylic acids is 1. The summed E-state index contributed by atoms with van der Waals surface area (Å²) in [6, 6.07) is 9.35. The molecule has 3 aromatic heterocycles. The second kappa shape index (κ2) is 10.2. The van der Waals surface area contributed by atoms with Gasteiger partial charge in [-0.15, -0.1) is 5.10 Å². The van der Waals surface area contributed by atoms with Crippen LogP contribution < -0.4 is 4.90 Å². The number of fused-ring (bicyclic) bond motifs is 2. The monoisotopic (exact) mass is 581 g/mol. The first-order valence-electron chi connectivity index (χ1n) is 13.3. The van der Waals surface area contributed by atoms with Crippen LogP contribution in [0.5, 0.6) is 0 Å². The first-order valence-corrected chi connectivity index (χ1v) is 14.1. The fourth-order valence-corrected chi connectivity index (χ4v) is 6.48. The number of benzene rings is 1. The minimum atomic E-state index is -1.09. The summed E-state index contributed by atoms with van der Waals surface area (Å²) in [7, 11) is 0. The predicted molar refractivity (Wildman–Crippen MR) is 146 cm³/mol. The average molecular weight is 582 g/mol. The minimum Gasteiger partial charge on any atom is -0.477 e. The molecule has 2 saturated heterocycles. The molecule has 0 unspecified atom stereocenters. The number of carbonyl (C=O) groups is 1. The van der Waals surface area contributed by atoms with Gasteiger partial charge in [0, 0.05) is 35.3 Å². The van der Waals surface area contributed by atoms with Crippen LogP contribution in [-0.2, 0) is 11.3 Å². The molecule has 40 heavy (non-hydrogen) atoms. The summed E-state index contributed by atoms with van der Waals surface area (Å²) in [5, 5.41) is 23.0. The molecule has 5 heterocycles. The van der Waals surface area contributed by atoms with E-state index in [-0.39, 0.29) is 23.9 Å². The lowest BCUT2D eigenvalue weighted by Crippen LogP contribution is -2.45. The van der Waals surface area contributed by atoms with E-state index in [1.165, 1.54) is 12.3 Å². The van der Waals surface area contributed by atoms with E-state index < -0.39 is 5.97 Å². The van der Waals surface area contributed by atoms with Crippen molar-refractivity contribution in [1.82, 2.24) is 20.3 Å². The Morgan fingerprint density at radius 2 is 1.80 bits per heavy atom. The largest absolute Gasteiger partial charge is 0.477 e. The van der Waals surface area contributed by atoms with E-state index in [0.717, 1.165) is 49.8 Å². The average Bonchev–Trinajstić information content (AvgIpc) is 3.42. The van der Waals surface area contributed by atoms with Gasteiger partial charge < -0.3 is 23.7 Å². The summed E-state index contributed by atoms with van der Waals surface area (Å²) in [5.74, 6) is 0.455. The molecule has 2 aliphatic heterocycles. The van der Waals surface area contributed by atoms with Crippen LogP contribution in [-0.4, -0.2) is 49.6 Å². The van der Waals surface area contributed by atoms with Crippen LogP contribution in [0.3, 0.4) is 0 Å². The topological polar surface area (TPSA) is 128 Å². The number of nitrogens with zero attached hydrogens (tertiary/aromatic N) is 5. The van der Waals surface area contributed by atoms with Gasteiger partial charge in [-0.05, 0) is 62.8 Å². The van der Waals surface area contributed by atoms with Gasteiger partial charge in [-0.1, -0.05) is 39.5 Å². The number of rotatable bonds is 8. The Hall–Kier alpha value is -3.47. The standard InChI is InChI=1S/C28H25Cl2N5O5/c29-20-2-1-3-21(30)23(20)24-19(25(40-34-24)14-4-5-14)13-38-18-10-16-7-8-17(11-18)35(16)28-33-32-26(39-28)15-6-9-22(27(36)37)31-12-15/h1-3,6,9,12,14,16-18H,4-5,7-8,10-11,13H2,(H,36,37)/t16-,17+,18+. The van der Waals surface area contributed by atoms with E-state index in [1.807, 2.05) is 6.07 Å². The lowest BCUT2D eigenvalue weighted by molar-refractivity contribution is 0.0139. The Balaban J connectivity index is 1.06. The van der Waals surface area contributed by atoms with E-state index in [9.17, 15) is 4.79 Å². The number of carboxylic acid groups (broad SMARTS) is 1. The Morgan fingerprint density at radius 1 is 1.05 bits per heavy atom. The number of aromatic nitrogens is 4. The molecule has 4 aromatic rings. The van der Waals surface area contributed by atoms with Gasteiger partial charge in [0.15, 0.2) is 0 Å². The number of anilines is 1. The van der Waals surface area contributed by atoms with Crippen molar-refractivity contribution < 1.29 is 23.6 Å². The van der Waals surface area contributed by atoms with E-state index >= 15 is 0 Å². The van der Waals surface area contributed by atoms with Gasteiger partial charge in [0.2, 0.25) is 0 Å². The number of pyridine rings is 1. The summed E-state index contributed by atoms with van der Waals surface area (Å²) < 4.78 is 18.3. The van der Waals surface area contributed by atoms with Crippen molar-refractivity contribution >= 4 is 35.2 Å². The van der Waals surface area contributed by atoms with Crippen LogP contribution in [0, 0.1) is 0 Å². The zero-order valence-electron chi connectivity index (χ0n) is 21.3. The van der Waals surface area contributed by atoms with Crippen LogP contribution in [0.4, 0.5) is 6.01 Å². The fourth-order valence-electron chi connectivity index (χ4n) is 5.91. The quantitative estimate of drug-likeness (QED) is 0.250. The van der Waals surface area contributed by atoms with Crippen molar-refractivity contribution in [2.45, 2.75) is 69.2 Å². The number of hydrogen-bond donors (Lipinski definition) is 1. The molecular weight excluding hydrogens is 557 g/mol. The number of halogens is 2. The SMILES string of the molecule is O=C(O)c1ccc(-c2nnc(N3[C@@H]4CC[C@H]3C[C@@H](OCc3c(-c5c(Cl)cccc5Cl)noc3C3CC3)C4)o2)cn1. The highest BCUT2D eigenvalue weighted by Crippen LogP contribution is 2.47. The zero-order chi connectivity index (χ0) is 27.4. The van der Waals surface area contributed by atoms with Crippen molar-refractivity contribution in [2.24, 2.45) is 0 Å². The molecule has 3 atom stereocenters. The maximum absolute atomic E-state index is 11.1. The summed E-state index contributed by atoms with van der Waals surface area (Å²) in [6.45, 7) is 0.375. The molecule has 3 aliphatic rings. The Kier molecular flexibility index (Phi) is 6.48. The summed E-state index contributed by atoms with van der Waals surface area (Å²) in [5.41, 5.74) is 2.79. The summed E-state index contributed by atoms with van der Waals surface area (Å²) >= 11 is 13.0. The van der Waals surface area contributed by atoms with Gasteiger partial charge in [-0.2, -0.15) is 0 Å². The molecule has 206 valence electrons. The summed E-state index contributed by atoms with van der Waals surface area (Å²) in [6.07, 6.45) is 7.32. The molecule has 1 aromatic carbocycles. The van der Waals surface area contributed by atoms with Crippen LogP contribution >= 0.6 is 23.2 Å². The van der Waals surface area contributed by atoms with Crippen LogP contribution in [0.1, 0.15) is 66.3 Å². The molecular formula is C28H25Cl2N5O5. The maximum Gasteiger partial charge on any atom is 0.354 e. The highest BCUT2D eigenvalue weighted by molar-refractivity contribution is 6.39. The maximum atomic E-state index is 11.1. The fraction of sp³-hybridized carbons (Fsp3) is 0.393. The minimum absolute atomic E-state index is 0.0406. The first-order chi connectivity index (χ1) is 19.5. The van der Waals surface area contributed by atoms with Crippen LogP contribution in [0.2, 0.25) is 10.0 Å². The smallest absolute Gasteiger partial charge is 0.354 e. The second-order valence-electron chi connectivity index (χ2n) is 10.6. The lowest BCUT2D eigenvalue weighted by Gasteiger charge is -2.37. The molecule has 1 saturated carbocycles. The van der Waals surface area contributed by atoms with E-state index in [2.05, 4.69) is 25.2 Å². The van der Waals surface area contributed by atoms with E-state index in [4.69, 9.17) is 42.0 Å². The van der Waals surface area contributed by atoms with Crippen molar-refractivity contribution in [2.75, 3.05) is 4.90 Å². The Morgan fingerprint density at radius 3 is 2.45 bits per heavy atom. The van der Waals surface area contributed by atoms with Crippen molar-refractivity contribution in [3.63, 3.8) is 0 Å². The van der Waals surface area contributed by atoms with Gasteiger partial charge in [0.1, 0.15) is 17.1 Å². The van der Waals surface area contributed by atoms with E-state index in [1.54, 1.807) is 18.2 Å². The molecule has 0 amide bonds. The lowest BCUT2D eigenvalue weighted by atomic mass is 10.00. The third-order valence-electron chi connectivity index (χ3n) is 7.98. The molecule has 12 heteroatoms. The molecule has 0 spiro atoms. The second-order valence-corrected chi connectivity index (χ2v) is 11.4. The van der Waals surface area contributed by atoms with Crippen molar-refractivity contribution in [3.8, 4) is 22.7 Å². The molecule has 1 aliphatic carbocycles. The van der Waals surface area contributed by atoms with Crippen molar-refractivity contribution in [1.29, 1.82) is 0 Å². The number of piperidine rings is 1. The Labute approximate surface area is 239 Å². The summed E-state index contributed by atoms with van der Waals surface area (Å²) in [4.78, 5) is 17.2. The van der Waals surface area contributed by atoms with E-state index in [0.29, 0.717) is 51.3 Å². The van der Waals surface area contributed by atoms with Gasteiger partial charge in [-0.3, -0.25) is 0 Å². The molecule has 1 N–H and O–H groups in total. The van der Waals surface area contributed by atoms with Crippen LogP contribution in [0.15, 0.2) is 45.5 Å². The Bertz CT molecular complexity index is 1530. The number of ether oxygens (including phenoxy) is 1. The molecule has 3 fully saturated rings. The zero-order valence-corrected chi connectivity index (χ0v) is 22.8. The first kappa shape index (κ1) is 25.5. The third-order valence-corrected chi connectivity index (χ3v) is 8.61. The van der Waals surface area contributed by atoms with Gasteiger partial charge in [0.05, 0.1) is 28.3 Å². The molecule has 7 rings (SSSR count). The van der Waals surface area contributed by atoms with Gasteiger partial charge in [0.25, 0.3) is 5.89 Å². The predicted octanol–water partition coefficient (Wildman–Crippen LogP) is 6.39. The molecule has 0 radical (unpaired) electrons.